The summed E-state index contributed by atoms with van der Waals surface area (Å²) in [5.41, 5.74) is 0.784. The zero-order chi connectivity index (χ0) is 15.4. The van der Waals surface area contributed by atoms with Gasteiger partial charge in [-0.3, -0.25) is 10.1 Å². The maximum Gasteiger partial charge on any atom is 0.320 e. The predicted octanol–water partition coefficient (Wildman–Crippen LogP) is 2.81. The van der Waals surface area contributed by atoms with E-state index < -0.39 is 5.97 Å². The second-order valence-corrected chi connectivity index (χ2v) is 5.74. The average molecular weight is 312 g/mol. The molecule has 2 rings (SSSR count). The summed E-state index contributed by atoms with van der Waals surface area (Å²) in [6, 6.07) is 1.40. The van der Waals surface area contributed by atoms with Crippen LogP contribution in [0.4, 0.5) is 10.6 Å². The summed E-state index contributed by atoms with van der Waals surface area (Å²) in [6.07, 6.45) is 4.02. The highest BCUT2D eigenvalue weighted by Crippen LogP contribution is 2.24. The molecule has 1 aliphatic rings. The van der Waals surface area contributed by atoms with Gasteiger partial charge in [0.25, 0.3) is 0 Å². The molecule has 0 aliphatic heterocycles. The van der Waals surface area contributed by atoms with Gasteiger partial charge in [-0.05, 0) is 44.2 Å². The molecule has 0 saturated heterocycles. The van der Waals surface area contributed by atoms with Gasteiger partial charge in [0, 0.05) is 12.2 Å². The molecule has 1 fully saturated rings. The van der Waals surface area contributed by atoms with Crippen molar-refractivity contribution in [2.75, 3.05) is 5.32 Å². The molecule has 0 atom stereocenters. The number of pyridine rings is 1. The minimum Gasteiger partial charge on any atom is -0.481 e. The van der Waals surface area contributed by atoms with E-state index in [9.17, 15) is 9.59 Å². The fourth-order valence-corrected chi connectivity index (χ4v) is 2.70. The normalized spacial score (nSPS) is 21.6. The monoisotopic (exact) mass is 311 g/mol. The van der Waals surface area contributed by atoms with Crippen molar-refractivity contribution in [3.63, 3.8) is 0 Å². The number of anilines is 1. The van der Waals surface area contributed by atoms with Gasteiger partial charge in [0.05, 0.1) is 10.9 Å². The van der Waals surface area contributed by atoms with Gasteiger partial charge in [0.1, 0.15) is 5.82 Å². The van der Waals surface area contributed by atoms with Crippen molar-refractivity contribution in [3.8, 4) is 0 Å². The minimum atomic E-state index is -0.751. The number of nitrogens with one attached hydrogen (secondary N) is 2. The van der Waals surface area contributed by atoms with Gasteiger partial charge in [-0.25, -0.2) is 9.78 Å². The number of urea groups is 1. The smallest absolute Gasteiger partial charge is 0.320 e. The summed E-state index contributed by atoms with van der Waals surface area (Å²) >= 11 is 5.81. The molecule has 21 heavy (non-hydrogen) atoms. The van der Waals surface area contributed by atoms with Gasteiger partial charge in [-0.2, -0.15) is 0 Å². The second-order valence-electron chi connectivity index (χ2n) is 5.30. The van der Waals surface area contributed by atoms with Gasteiger partial charge in [-0.1, -0.05) is 11.6 Å². The van der Waals surface area contributed by atoms with Gasteiger partial charge >= 0.3 is 12.0 Å². The number of aromatic nitrogens is 1. The molecule has 1 heterocycles. The maximum atomic E-state index is 11.9. The number of rotatable bonds is 3. The standard InChI is InChI=1S/C14H18ClN3O3/c1-8-6-10(15)7-16-12(8)18-14(21)17-11-4-2-9(3-5-11)13(19)20/h6-7,9,11H,2-5H2,1H3,(H,19,20)(H2,16,17,18,21). The number of carbonyl (C=O) groups excluding carboxylic acids is 1. The van der Waals surface area contributed by atoms with Crippen LogP contribution in [-0.4, -0.2) is 28.1 Å². The van der Waals surface area contributed by atoms with Crippen LogP contribution in [0.15, 0.2) is 12.3 Å². The van der Waals surface area contributed by atoms with E-state index in [4.69, 9.17) is 16.7 Å². The Morgan fingerprint density at radius 2 is 2.00 bits per heavy atom. The molecular weight excluding hydrogens is 294 g/mol. The summed E-state index contributed by atoms with van der Waals surface area (Å²) in [7, 11) is 0. The van der Waals surface area contributed by atoms with Gasteiger partial charge in [0.2, 0.25) is 0 Å². The van der Waals surface area contributed by atoms with Crippen LogP contribution in [-0.2, 0) is 4.79 Å². The van der Waals surface area contributed by atoms with Crippen LogP contribution in [0.2, 0.25) is 5.02 Å². The molecule has 0 bridgehead atoms. The summed E-state index contributed by atoms with van der Waals surface area (Å²) in [6.45, 7) is 1.81. The first-order valence-electron chi connectivity index (χ1n) is 6.88. The SMILES string of the molecule is Cc1cc(Cl)cnc1NC(=O)NC1CCC(C(=O)O)CC1. The summed E-state index contributed by atoms with van der Waals surface area (Å²) < 4.78 is 0. The van der Waals surface area contributed by atoms with Crippen LogP contribution in [0, 0.1) is 12.8 Å². The Morgan fingerprint density at radius 1 is 1.33 bits per heavy atom. The first-order chi connectivity index (χ1) is 9.95. The lowest BCUT2D eigenvalue weighted by atomic mass is 9.86. The van der Waals surface area contributed by atoms with Gasteiger partial charge in [0.15, 0.2) is 0 Å². The topological polar surface area (TPSA) is 91.3 Å². The van der Waals surface area contributed by atoms with Gasteiger partial charge in [-0.15, -0.1) is 0 Å². The minimum absolute atomic E-state index is 0.00760. The number of amides is 2. The Kier molecular flexibility index (Phi) is 5.01. The van der Waals surface area contributed by atoms with Crippen molar-refractivity contribution in [3.05, 3.63) is 22.8 Å². The molecule has 0 spiro atoms. The molecule has 0 aromatic carbocycles. The van der Waals surface area contributed by atoms with E-state index in [1.54, 1.807) is 6.07 Å². The van der Waals surface area contributed by atoms with Crippen LogP contribution in [0.1, 0.15) is 31.2 Å². The Hall–Kier alpha value is -1.82. The van der Waals surface area contributed by atoms with E-state index in [-0.39, 0.29) is 18.0 Å². The fourth-order valence-electron chi connectivity index (χ4n) is 2.49. The van der Waals surface area contributed by atoms with Crippen molar-refractivity contribution < 1.29 is 14.7 Å². The fraction of sp³-hybridized carbons (Fsp3) is 0.500. The van der Waals surface area contributed by atoms with Gasteiger partial charge < -0.3 is 10.4 Å². The second kappa shape index (κ2) is 6.76. The molecule has 1 aromatic heterocycles. The van der Waals surface area contributed by atoms with Crippen molar-refractivity contribution >= 4 is 29.4 Å². The number of aryl methyl sites for hydroxylation is 1. The molecule has 1 saturated carbocycles. The Morgan fingerprint density at radius 3 is 2.57 bits per heavy atom. The number of carboxylic acids is 1. The molecule has 0 unspecified atom stereocenters. The van der Waals surface area contributed by atoms with E-state index in [0.29, 0.717) is 36.5 Å². The lowest BCUT2D eigenvalue weighted by Crippen LogP contribution is -2.41. The number of hydrogen-bond donors (Lipinski definition) is 3. The number of carboxylic acid groups (broad SMARTS) is 1. The third-order valence-electron chi connectivity index (χ3n) is 3.69. The Balaban J connectivity index is 1.84. The highest BCUT2D eigenvalue weighted by molar-refractivity contribution is 6.30. The van der Waals surface area contributed by atoms with E-state index in [2.05, 4.69) is 15.6 Å². The molecule has 0 radical (unpaired) electrons. The summed E-state index contributed by atoms with van der Waals surface area (Å²) in [5.74, 6) is -0.568. The lowest BCUT2D eigenvalue weighted by Gasteiger charge is -2.26. The van der Waals surface area contributed by atoms with Crippen LogP contribution < -0.4 is 10.6 Å². The van der Waals surface area contributed by atoms with E-state index in [1.807, 2.05) is 6.92 Å². The predicted molar refractivity (Wildman–Crippen MR) is 79.5 cm³/mol. The molecule has 2 amide bonds. The first-order valence-corrected chi connectivity index (χ1v) is 7.26. The highest BCUT2D eigenvalue weighted by Gasteiger charge is 2.26. The number of aliphatic carboxylic acids is 1. The zero-order valence-corrected chi connectivity index (χ0v) is 12.5. The van der Waals surface area contributed by atoms with Crippen molar-refractivity contribution in [1.82, 2.24) is 10.3 Å². The molecule has 1 aromatic rings. The maximum absolute atomic E-state index is 11.9. The van der Waals surface area contributed by atoms with Crippen molar-refractivity contribution in [1.29, 1.82) is 0 Å². The lowest BCUT2D eigenvalue weighted by molar-refractivity contribution is -0.142. The first kappa shape index (κ1) is 15.6. The van der Waals surface area contributed by atoms with Crippen LogP contribution in [0.25, 0.3) is 0 Å². The van der Waals surface area contributed by atoms with Crippen LogP contribution >= 0.6 is 11.6 Å². The molecule has 114 valence electrons. The van der Waals surface area contributed by atoms with Crippen LogP contribution in [0.5, 0.6) is 0 Å². The third-order valence-corrected chi connectivity index (χ3v) is 3.90. The highest BCUT2D eigenvalue weighted by atomic mass is 35.5. The van der Waals surface area contributed by atoms with Crippen molar-refractivity contribution in [2.24, 2.45) is 5.92 Å². The molecule has 6 nitrogen and oxygen atoms in total. The van der Waals surface area contributed by atoms with Crippen molar-refractivity contribution in [2.45, 2.75) is 38.6 Å². The molecule has 1 aliphatic carbocycles. The van der Waals surface area contributed by atoms with E-state index in [0.717, 1.165) is 5.56 Å². The Bertz CT molecular complexity index is 542. The number of nitrogens with zero attached hydrogens (tertiary/aromatic N) is 1. The Labute approximate surface area is 127 Å². The third kappa shape index (κ3) is 4.32. The molecular formula is C14H18ClN3O3. The summed E-state index contributed by atoms with van der Waals surface area (Å²) in [5, 5.41) is 15.0. The average Bonchev–Trinajstić information content (AvgIpc) is 2.42. The summed E-state index contributed by atoms with van der Waals surface area (Å²) in [4.78, 5) is 26.9. The quantitative estimate of drug-likeness (QED) is 0.800. The van der Waals surface area contributed by atoms with E-state index in [1.165, 1.54) is 6.20 Å². The van der Waals surface area contributed by atoms with Crippen LogP contribution in [0.3, 0.4) is 0 Å². The number of carbonyl (C=O) groups is 2. The largest absolute Gasteiger partial charge is 0.481 e. The van der Waals surface area contributed by atoms with E-state index >= 15 is 0 Å². The molecule has 3 N–H and O–H groups in total. The zero-order valence-electron chi connectivity index (χ0n) is 11.7. The number of hydrogen-bond acceptors (Lipinski definition) is 3. The number of halogens is 1. The molecule has 7 heteroatoms.